The number of hydrogen-bond donors (Lipinski definition) is 2. The minimum absolute atomic E-state index is 0.0122. The molecule has 2 N–H and O–H groups in total. The zero-order valence-electron chi connectivity index (χ0n) is 11.8. The van der Waals surface area contributed by atoms with Gasteiger partial charge in [-0.1, -0.05) is 12.1 Å². The van der Waals surface area contributed by atoms with Gasteiger partial charge in [0.15, 0.2) is 0 Å². The van der Waals surface area contributed by atoms with Gasteiger partial charge in [-0.15, -0.1) is 11.8 Å². The van der Waals surface area contributed by atoms with Crippen molar-refractivity contribution in [3.8, 4) is 0 Å². The van der Waals surface area contributed by atoms with Crippen LogP contribution >= 0.6 is 11.8 Å². The first kappa shape index (κ1) is 15.8. The lowest BCUT2D eigenvalue weighted by Crippen LogP contribution is -2.54. The van der Waals surface area contributed by atoms with Crippen LogP contribution in [-0.4, -0.2) is 28.3 Å². The summed E-state index contributed by atoms with van der Waals surface area (Å²) in [6.45, 7) is 1.55. The lowest BCUT2D eigenvalue weighted by atomic mass is 9.96. The highest BCUT2D eigenvalue weighted by Crippen LogP contribution is 2.39. The second-order valence-corrected chi connectivity index (χ2v) is 6.50. The standard InChI is InChI=1S/C15H18FNO3S/c1-15(14(19)20,10-6-7-10)17-13(18)8-9-21-12-5-3-2-4-11(12)16/h2-5,10H,6-9H2,1H3,(H,17,18)(H,19,20). The molecular formula is C15H18FNO3S. The Labute approximate surface area is 127 Å². The van der Waals surface area contributed by atoms with Gasteiger partial charge in [0.05, 0.1) is 0 Å². The van der Waals surface area contributed by atoms with Crippen LogP contribution in [0.15, 0.2) is 29.2 Å². The summed E-state index contributed by atoms with van der Waals surface area (Å²) in [5.74, 6) is -1.20. The summed E-state index contributed by atoms with van der Waals surface area (Å²) in [7, 11) is 0. The fraction of sp³-hybridized carbons (Fsp3) is 0.467. The van der Waals surface area contributed by atoms with E-state index < -0.39 is 11.5 Å². The molecule has 0 heterocycles. The first-order chi connectivity index (χ1) is 9.93. The van der Waals surface area contributed by atoms with Gasteiger partial charge in [0.25, 0.3) is 0 Å². The summed E-state index contributed by atoms with van der Waals surface area (Å²) in [5.41, 5.74) is -1.18. The maximum atomic E-state index is 13.4. The number of carbonyl (C=O) groups excluding carboxylic acids is 1. The fourth-order valence-electron chi connectivity index (χ4n) is 2.16. The van der Waals surface area contributed by atoms with E-state index in [0.717, 1.165) is 12.8 Å². The van der Waals surface area contributed by atoms with E-state index in [-0.39, 0.29) is 24.1 Å². The quantitative estimate of drug-likeness (QED) is 0.760. The summed E-state index contributed by atoms with van der Waals surface area (Å²) in [6.07, 6.45) is 1.81. The number of carbonyl (C=O) groups is 2. The Morgan fingerprint density at radius 2 is 2.10 bits per heavy atom. The van der Waals surface area contributed by atoms with E-state index >= 15 is 0 Å². The molecule has 0 aromatic heterocycles. The maximum absolute atomic E-state index is 13.4. The summed E-state index contributed by atoms with van der Waals surface area (Å²) < 4.78 is 13.4. The molecule has 0 aliphatic heterocycles. The third-order valence-electron chi connectivity index (χ3n) is 3.66. The molecule has 6 heteroatoms. The smallest absolute Gasteiger partial charge is 0.329 e. The van der Waals surface area contributed by atoms with Crippen molar-refractivity contribution in [3.05, 3.63) is 30.1 Å². The van der Waals surface area contributed by atoms with Crippen molar-refractivity contribution in [3.63, 3.8) is 0 Å². The Balaban J connectivity index is 1.82. The van der Waals surface area contributed by atoms with E-state index in [2.05, 4.69) is 5.32 Å². The number of benzene rings is 1. The number of thioether (sulfide) groups is 1. The molecule has 0 saturated heterocycles. The largest absolute Gasteiger partial charge is 0.480 e. The van der Waals surface area contributed by atoms with Crippen LogP contribution in [0.2, 0.25) is 0 Å². The van der Waals surface area contributed by atoms with Gasteiger partial charge in [-0.25, -0.2) is 9.18 Å². The number of amides is 1. The van der Waals surface area contributed by atoms with E-state index in [9.17, 15) is 19.1 Å². The molecule has 1 fully saturated rings. The van der Waals surface area contributed by atoms with Crippen molar-refractivity contribution in [2.24, 2.45) is 5.92 Å². The van der Waals surface area contributed by atoms with Gasteiger partial charge in [0, 0.05) is 17.1 Å². The second-order valence-electron chi connectivity index (χ2n) is 5.36. The molecule has 4 nitrogen and oxygen atoms in total. The molecule has 1 saturated carbocycles. The number of halogens is 1. The first-order valence-corrected chi connectivity index (χ1v) is 7.84. The molecule has 0 spiro atoms. The topological polar surface area (TPSA) is 66.4 Å². The van der Waals surface area contributed by atoms with Gasteiger partial charge in [0.2, 0.25) is 5.91 Å². The molecule has 1 aromatic carbocycles. The molecular weight excluding hydrogens is 293 g/mol. The molecule has 114 valence electrons. The van der Waals surface area contributed by atoms with Crippen molar-refractivity contribution in [1.29, 1.82) is 0 Å². The Bertz CT molecular complexity index is 547. The highest BCUT2D eigenvalue weighted by Gasteiger charge is 2.48. The van der Waals surface area contributed by atoms with E-state index in [1.165, 1.54) is 17.8 Å². The van der Waals surface area contributed by atoms with Crippen LogP contribution in [0.25, 0.3) is 0 Å². The maximum Gasteiger partial charge on any atom is 0.329 e. The van der Waals surface area contributed by atoms with Crippen LogP contribution in [0, 0.1) is 11.7 Å². The minimum Gasteiger partial charge on any atom is -0.480 e. The lowest BCUT2D eigenvalue weighted by molar-refractivity contribution is -0.147. The van der Waals surface area contributed by atoms with Crippen molar-refractivity contribution in [1.82, 2.24) is 5.32 Å². The SMILES string of the molecule is CC(NC(=O)CCSc1ccccc1F)(C(=O)O)C1CC1. The van der Waals surface area contributed by atoms with Gasteiger partial charge in [0.1, 0.15) is 11.4 Å². The van der Waals surface area contributed by atoms with Crippen molar-refractivity contribution in [2.75, 3.05) is 5.75 Å². The van der Waals surface area contributed by atoms with E-state index in [0.29, 0.717) is 10.6 Å². The third-order valence-corrected chi connectivity index (χ3v) is 4.71. The van der Waals surface area contributed by atoms with Crippen molar-refractivity contribution >= 4 is 23.6 Å². The molecule has 1 aliphatic rings. The molecule has 1 atom stereocenters. The Morgan fingerprint density at radius 3 is 2.67 bits per heavy atom. The normalized spacial score (nSPS) is 17.0. The molecule has 1 unspecified atom stereocenters. The minimum atomic E-state index is -1.18. The summed E-state index contributed by atoms with van der Waals surface area (Å²) in [5, 5.41) is 11.9. The Morgan fingerprint density at radius 1 is 1.43 bits per heavy atom. The zero-order chi connectivity index (χ0) is 15.5. The third kappa shape index (κ3) is 3.97. The van der Waals surface area contributed by atoms with Gasteiger partial charge in [-0.05, 0) is 37.8 Å². The number of carboxylic acid groups (broad SMARTS) is 1. The molecule has 1 amide bonds. The number of nitrogens with one attached hydrogen (secondary N) is 1. The van der Waals surface area contributed by atoms with Crippen LogP contribution < -0.4 is 5.32 Å². The Kier molecular flexibility index (Phi) is 4.88. The summed E-state index contributed by atoms with van der Waals surface area (Å²) in [4.78, 5) is 23.7. The second kappa shape index (κ2) is 6.47. The number of aliphatic carboxylic acids is 1. The average molecular weight is 311 g/mol. The summed E-state index contributed by atoms with van der Waals surface area (Å²) >= 11 is 1.25. The Hall–Kier alpha value is -1.56. The molecule has 0 radical (unpaired) electrons. The first-order valence-electron chi connectivity index (χ1n) is 6.85. The molecule has 21 heavy (non-hydrogen) atoms. The molecule has 1 aromatic rings. The van der Waals surface area contributed by atoms with Gasteiger partial charge in [-0.3, -0.25) is 4.79 Å². The van der Waals surface area contributed by atoms with Crippen LogP contribution in [-0.2, 0) is 9.59 Å². The predicted octanol–water partition coefficient (Wildman–Crippen LogP) is 2.68. The molecule has 2 rings (SSSR count). The van der Waals surface area contributed by atoms with Crippen molar-refractivity contribution < 1.29 is 19.1 Å². The van der Waals surface area contributed by atoms with Crippen molar-refractivity contribution in [2.45, 2.75) is 36.6 Å². The number of hydrogen-bond acceptors (Lipinski definition) is 3. The van der Waals surface area contributed by atoms with E-state index in [1.807, 2.05) is 0 Å². The van der Waals surface area contributed by atoms with E-state index in [1.54, 1.807) is 25.1 Å². The number of carboxylic acids is 1. The lowest BCUT2D eigenvalue weighted by Gasteiger charge is -2.26. The van der Waals surface area contributed by atoms with Gasteiger partial charge >= 0.3 is 5.97 Å². The monoisotopic (exact) mass is 311 g/mol. The van der Waals surface area contributed by atoms with Crippen LogP contribution in [0.3, 0.4) is 0 Å². The zero-order valence-corrected chi connectivity index (χ0v) is 12.6. The predicted molar refractivity (Wildman–Crippen MR) is 78.6 cm³/mol. The van der Waals surface area contributed by atoms with Gasteiger partial charge in [-0.2, -0.15) is 0 Å². The molecule has 1 aliphatic carbocycles. The van der Waals surface area contributed by atoms with Crippen LogP contribution in [0.1, 0.15) is 26.2 Å². The highest BCUT2D eigenvalue weighted by molar-refractivity contribution is 7.99. The van der Waals surface area contributed by atoms with E-state index in [4.69, 9.17) is 0 Å². The highest BCUT2D eigenvalue weighted by atomic mass is 32.2. The summed E-state index contributed by atoms with van der Waals surface area (Å²) in [6, 6.07) is 6.38. The average Bonchev–Trinajstić information content (AvgIpc) is 3.25. The van der Waals surface area contributed by atoms with Gasteiger partial charge < -0.3 is 10.4 Å². The van der Waals surface area contributed by atoms with Crippen LogP contribution in [0.5, 0.6) is 0 Å². The molecule has 0 bridgehead atoms. The number of rotatable bonds is 7. The van der Waals surface area contributed by atoms with Crippen LogP contribution in [0.4, 0.5) is 4.39 Å². The fourth-order valence-corrected chi connectivity index (χ4v) is 3.05.